The lowest BCUT2D eigenvalue weighted by atomic mass is 10.1. The van der Waals surface area contributed by atoms with Crippen molar-refractivity contribution < 1.29 is 4.55 Å². The van der Waals surface area contributed by atoms with Gasteiger partial charge in [-0.2, -0.15) is 0 Å². The van der Waals surface area contributed by atoms with Crippen LogP contribution in [-0.2, 0) is 11.2 Å². The van der Waals surface area contributed by atoms with Crippen LogP contribution in [0.2, 0.25) is 0 Å². The molecule has 0 saturated carbocycles. The van der Waals surface area contributed by atoms with Gasteiger partial charge in [0.2, 0.25) is 0 Å². The summed E-state index contributed by atoms with van der Waals surface area (Å²) in [5.74, 6) is 0. The smallest absolute Gasteiger partial charge is 0.161 e. The molecule has 2 rings (SSSR count). The van der Waals surface area contributed by atoms with Crippen LogP contribution in [0.15, 0.2) is 41.4 Å². The van der Waals surface area contributed by atoms with Crippen LogP contribution in [0.3, 0.4) is 0 Å². The highest BCUT2D eigenvalue weighted by molar-refractivity contribution is 7.90. The number of benzene rings is 1. The molecule has 76 valence electrons. The van der Waals surface area contributed by atoms with Gasteiger partial charge in [-0.25, -0.2) is 0 Å². The Bertz CT molecular complexity index is 447. The summed E-state index contributed by atoms with van der Waals surface area (Å²) in [6, 6.07) is 9.19. The largest absolute Gasteiger partial charge is 0.612 e. The number of hydrogen-bond acceptors (Lipinski definition) is 4. The van der Waals surface area contributed by atoms with Crippen LogP contribution in [0, 0.1) is 0 Å². The summed E-state index contributed by atoms with van der Waals surface area (Å²) in [6.07, 6.45) is 3.21. The van der Waals surface area contributed by atoms with Crippen molar-refractivity contribution in [2.24, 2.45) is 0 Å². The maximum absolute atomic E-state index is 11.5. The molecule has 0 radical (unpaired) electrons. The van der Waals surface area contributed by atoms with E-state index >= 15 is 0 Å². The van der Waals surface area contributed by atoms with E-state index in [1.54, 1.807) is 18.5 Å². The quantitative estimate of drug-likeness (QED) is 0.714. The van der Waals surface area contributed by atoms with Gasteiger partial charge in [-0.15, -0.1) is 10.2 Å². The topological polar surface area (TPSA) is 61.7 Å². The second-order valence-corrected chi connectivity index (χ2v) is 4.30. The van der Waals surface area contributed by atoms with Gasteiger partial charge < -0.3 is 4.55 Å². The number of aromatic nitrogens is 3. The molecular formula is C10H9N3OS. The van der Waals surface area contributed by atoms with Crippen LogP contribution in [-0.4, -0.2) is 26.2 Å². The van der Waals surface area contributed by atoms with Gasteiger partial charge in [-0.1, -0.05) is 12.1 Å². The molecule has 0 fully saturated rings. The summed E-state index contributed by atoms with van der Waals surface area (Å²) in [4.78, 5) is 0.762. The summed E-state index contributed by atoms with van der Waals surface area (Å²) in [5, 5.41) is 11.1. The van der Waals surface area contributed by atoms with Crippen LogP contribution in [0.5, 0.6) is 0 Å². The van der Waals surface area contributed by atoms with Crippen LogP contribution < -0.4 is 0 Å². The van der Waals surface area contributed by atoms with E-state index in [0.717, 1.165) is 10.5 Å². The predicted molar refractivity (Wildman–Crippen MR) is 57.6 cm³/mol. The fourth-order valence-electron chi connectivity index (χ4n) is 1.31. The SMILES string of the molecule is C[S+]([O-])c1ccccc1-c1ccnnn1. The van der Waals surface area contributed by atoms with Gasteiger partial charge >= 0.3 is 0 Å². The summed E-state index contributed by atoms with van der Waals surface area (Å²) >= 11 is -1.03. The minimum absolute atomic E-state index is 0.691. The Labute approximate surface area is 90.5 Å². The summed E-state index contributed by atoms with van der Waals surface area (Å²) < 4.78 is 11.5. The average Bonchev–Trinajstić information content (AvgIpc) is 2.30. The summed E-state index contributed by atoms with van der Waals surface area (Å²) in [5.41, 5.74) is 1.53. The number of nitrogens with zero attached hydrogens (tertiary/aromatic N) is 3. The second kappa shape index (κ2) is 4.37. The molecule has 0 saturated heterocycles. The van der Waals surface area contributed by atoms with E-state index in [4.69, 9.17) is 0 Å². The Morgan fingerprint density at radius 3 is 2.67 bits per heavy atom. The fraction of sp³-hybridized carbons (Fsp3) is 0.100. The Balaban J connectivity index is 2.53. The van der Waals surface area contributed by atoms with Crippen molar-refractivity contribution in [2.45, 2.75) is 4.90 Å². The van der Waals surface area contributed by atoms with E-state index < -0.39 is 11.2 Å². The van der Waals surface area contributed by atoms with Gasteiger partial charge in [0.05, 0.1) is 11.8 Å². The third-order valence-corrected chi connectivity index (χ3v) is 2.95. The summed E-state index contributed by atoms with van der Waals surface area (Å²) in [6.45, 7) is 0. The van der Waals surface area contributed by atoms with E-state index in [-0.39, 0.29) is 0 Å². The zero-order valence-electron chi connectivity index (χ0n) is 8.12. The van der Waals surface area contributed by atoms with Crippen LogP contribution in [0.25, 0.3) is 11.3 Å². The standard InChI is InChI=1S/C10H9N3OS/c1-15(14)10-5-3-2-4-8(10)9-6-7-11-13-12-9/h2-7H,1H3. The molecule has 0 aliphatic heterocycles. The lowest BCUT2D eigenvalue weighted by molar-refractivity contribution is 0.601. The minimum atomic E-state index is -1.03. The van der Waals surface area contributed by atoms with Crippen LogP contribution in [0.1, 0.15) is 0 Å². The minimum Gasteiger partial charge on any atom is -0.612 e. The molecule has 1 aromatic carbocycles. The van der Waals surface area contributed by atoms with E-state index in [9.17, 15) is 4.55 Å². The van der Waals surface area contributed by atoms with Crippen molar-refractivity contribution in [3.05, 3.63) is 36.5 Å². The normalized spacial score (nSPS) is 12.4. The van der Waals surface area contributed by atoms with E-state index in [0.29, 0.717) is 5.69 Å². The van der Waals surface area contributed by atoms with Crippen LogP contribution >= 0.6 is 0 Å². The molecule has 0 N–H and O–H groups in total. The molecule has 1 atom stereocenters. The Kier molecular flexibility index (Phi) is 2.94. The van der Waals surface area contributed by atoms with Gasteiger partial charge in [0.1, 0.15) is 11.9 Å². The lowest BCUT2D eigenvalue weighted by Gasteiger charge is -2.08. The zero-order valence-corrected chi connectivity index (χ0v) is 8.94. The number of hydrogen-bond donors (Lipinski definition) is 0. The van der Waals surface area contributed by atoms with Gasteiger partial charge in [-0.3, -0.25) is 0 Å². The number of rotatable bonds is 2. The van der Waals surface area contributed by atoms with Crippen molar-refractivity contribution >= 4 is 11.2 Å². The molecule has 0 aliphatic rings. The molecule has 0 bridgehead atoms. The molecule has 0 amide bonds. The molecule has 5 heteroatoms. The molecule has 1 unspecified atom stereocenters. The van der Waals surface area contributed by atoms with Crippen LogP contribution in [0.4, 0.5) is 0 Å². The first-order valence-electron chi connectivity index (χ1n) is 4.36. The third-order valence-electron chi connectivity index (χ3n) is 1.98. The molecule has 4 nitrogen and oxygen atoms in total. The van der Waals surface area contributed by atoms with Crippen molar-refractivity contribution in [3.8, 4) is 11.3 Å². The highest BCUT2D eigenvalue weighted by atomic mass is 32.2. The van der Waals surface area contributed by atoms with E-state index in [1.165, 1.54) is 0 Å². The highest BCUT2D eigenvalue weighted by Crippen LogP contribution is 2.24. The molecular weight excluding hydrogens is 210 g/mol. The molecule has 1 heterocycles. The monoisotopic (exact) mass is 219 g/mol. The Hall–Kier alpha value is -1.46. The van der Waals surface area contributed by atoms with E-state index in [1.807, 2.05) is 24.3 Å². The molecule has 15 heavy (non-hydrogen) atoms. The first kappa shape index (κ1) is 10.1. The Morgan fingerprint density at radius 1 is 1.20 bits per heavy atom. The summed E-state index contributed by atoms with van der Waals surface area (Å²) in [7, 11) is 0. The predicted octanol–water partition coefficient (Wildman–Crippen LogP) is 1.28. The molecule has 2 aromatic rings. The van der Waals surface area contributed by atoms with Crippen molar-refractivity contribution in [1.82, 2.24) is 15.4 Å². The van der Waals surface area contributed by atoms with Gasteiger partial charge in [0.15, 0.2) is 4.90 Å². The molecule has 1 aromatic heterocycles. The Morgan fingerprint density at radius 2 is 2.00 bits per heavy atom. The van der Waals surface area contributed by atoms with Gasteiger partial charge in [0.25, 0.3) is 0 Å². The van der Waals surface area contributed by atoms with Gasteiger partial charge in [-0.05, 0) is 34.6 Å². The fourth-order valence-corrected chi connectivity index (χ4v) is 2.07. The second-order valence-electron chi connectivity index (χ2n) is 2.96. The third kappa shape index (κ3) is 2.14. The first-order chi connectivity index (χ1) is 7.29. The van der Waals surface area contributed by atoms with Crippen molar-refractivity contribution in [1.29, 1.82) is 0 Å². The van der Waals surface area contributed by atoms with E-state index in [2.05, 4.69) is 15.4 Å². The van der Waals surface area contributed by atoms with Crippen molar-refractivity contribution in [3.63, 3.8) is 0 Å². The zero-order chi connectivity index (χ0) is 10.7. The van der Waals surface area contributed by atoms with Gasteiger partial charge in [0, 0.05) is 0 Å². The van der Waals surface area contributed by atoms with Crippen molar-refractivity contribution in [2.75, 3.05) is 6.26 Å². The average molecular weight is 219 g/mol. The molecule has 0 spiro atoms. The lowest BCUT2D eigenvalue weighted by Crippen LogP contribution is -2.01. The maximum Gasteiger partial charge on any atom is 0.161 e. The maximum atomic E-state index is 11.5. The highest BCUT2D eigenvalue weighted by Gasteiger charge is 2.13. The first-order valence-corrected chi connectivity index (χ1v) is 5.92. The molecule has 0 aliphatic carbocycles.